The van der Waals surface area contributed by atoms with E-state index in [-0.39, 0.29) is 25.0 Å². The van der Waals surface area contributed by atoms with Crippen LogP contribution in [-0.4, -0.2) is 44.0 Å². The average Bonchev–Trinajstić information content (AvgIpc) is 2.60. The molecular formula is C18H19ClN2O4. The number of carbonyl (C=O) groups excluding carboxylic acids is 2. The summed E-state index contributed by atoms with van der Waals surface area (Å²) in [6, 6.07) is 13.5. The molecule has 0 heterocycles. The van der Waals surface area contributed by atoms with Crippen molar-refractivity contribution < 1.29 is 19.1 Å². The first-order valence-electron chi connectivity index (χ1n) is 7.55. The first-order valence-corrected chi connectivity index (χ1v) is 7.93. The van der Waals surface area contributed by atoms with E-state index in [1.807, 2.05) is 0 Å². The summed E-state index contributed by atoms with van der Waals surface area (Å²) in [5.74, 6) is 0.697. The second-order valence-corrected chi connectivity index (χ2v) is 5.83. The molecule has 0 bridgehead atoms. The van der Waals surface area contributed by atoms with Gasteiger partial charge in [0, 0.05) is 24.8 Å². The maximum atomic E-state index is 11.9. The molecule has 132 valence electrons. The third kappa shape index (κ3) is 6.35. The van der Waals surface area contributed by atoms with Crippen molar-refractivity contribution in [1.82, 2.24) is 4.90 Å². The lowest BCUT2D eigenvalue weighted by molar-refractivity contribution is -0.130. The fourth-order valence-electron chi connectivity index (χ4n) is 1.79. The molecule has 1 N–H and O–H groups in total. The number of anilines is 1. The second kappa shape index (κ2) is 8.94. The van der Waals surface area contributed by atoms with Gasteiger partial charge in [-0.15, -0.1) is 0 Å². The smallest absolute Gasteiger partial charge is 0.262 e. The fourth-order valence-corrected chi connectivity index (χ4v) is 1.91. The largest absolute Gasteiger partial charge is 0.484 e. The van der Waals surface area contributed by atoms with Crippen LogP contribution in [0.5, 0.6) is 11.5 Å². The molecule has 0 spiro atoms. The summed E-state index contributed by atoms with van der Waals surface area (Å²) in [5.41, 5.74) is 0.607. The van der Waals surface area contributed by atoms with Gasteiger partial charge in [0.15, 0.2) is 13.2 Å². The van der Waals surface area contributed by atoms with Crippen molar-refractivity contribution in [2.24, 2.45) is 0 Å². The van der Waals surface area contributed by atoms with Crippen molar-refractivity contribution in [3.8, 4) is 11.5 Å². The highest BCUT2D eigenvalue weighted by Crippen LogP contribution is 2.17. The van der Waals surface area contributed by atoms with Crippen LogP contribution in [0.3, 0.4) is 0 Å². The number of hydrogen-bond acceptors (Lipinski definition) is 4. The van der Waals surface area contributed by atoms with E-state index in [1.54, 1.807) is 62.6 Å². The van der Waals surface area contributed by atoms with E-state index in [4.69, 9.17) is 21.1 Å². The van der Waals surface area contributed by atoms with Crippen LogP contribution in [0, 0.1) is 0 Å². The molecule has 7 heteroatoms. The van der Waals surface area contributed by atoms with Crippen LogP contribution in [0.2, 0.25) is 5.02 Å². The van der Waals surface area contributed by atoms with Gasteiger partial charge in [-0.05, 0) is 48.5 Å². The highest BCUT2D eigenvalue weighted by Gasteiger charge is 2.06. The Kier molecular flexibility index (Phi) is 6.65. The molecule has 0 aliphatic carbocycles. The summed E-state index contributed by atoms with van der Waals surface area (Å²) in [6.07, 6.45) is 0. The predicted molar refractivity (Wildman–Crippen MR) is 96.2 cm³/mol. The molecule has 25 heavy (non-hydrogen) atoms. The van der Waals surface area contributed by atoms with Gasteiger partial charge in [-0.25, -0.2) is 0 Å². The fraction of sp³-hybridized carbons (Fsp3) is 0.222. The van der Waals surface area contributed by atoms with Crippen LogP contribution in [0.15, 0.2) is 48.5 Å². The van der Waals surface area contributed by atoms with E-state index in [1.165, 1.54) is 4.90 Å². The Morgan fingerprint density at radius 1 is 0.920 bits per heavy atom. The lowest BCUT2D eigenvalue weighted by Crippen LogP contribution is -2.27. The zero-order chi connectivity index (χ0) is 18.2. The molecule has 0 aromatic heterocycles. The number of nitrogens with zero attached hydrogens (tertiary/aromatic N) is 1. The molecule has 0 fully saturated rings. The number of ether oxygens (including phenoxy) is 2. The van der Waals surface area contributed by atoms with Crippen LogP contribution in [0.4, 0.5) is 5.69 Å². The molecular weight excluding hydrogens is 344 g/mol. The van der Waals surface area contributed by atoms with E-state index in [2.05, 4.69) is 5.32 Å². The molecule has 0 aliphatic rings. The van der Waals surface area contributed by atoms with Gasteiger partial charge < -0.3 is 19.7 Å². The Labute approximate surface area is 151 Å². The molecule has 2 aromatic rings. The van der Waals surface area contributed by atoms with Crippen molar-refractivity contribution in [3.63, 3.8) is 0 Å². The minimum atomic E-state index is -0.286. The van der Waals surface area contributed by atoms with Gasteiger partial charge in [-0.2, -0.15) is 0 Å². The molecule has 2 rings (SSSR count). The standard InChI is InChI=1S/C18H19ClN2O4/c1-21(2)18(23)12-25-16-9-5-14(6-10-16)20-17(22)11-24-15-7-3-13(19)4-8-15/h3-10H,11-12H2,1-2H3,(H,20,22). The van der Waals surface area contributed by atoms with Crippen LogP contribution in [0.1, 0.15) is 0 Å². The quantitative estimate of drug-likeness (QED) is 0.822. The van der Waals surface area contributed by atoms with Gasteiger partial charge in [-0.3, -0.25) is 9.59 Å². The first kappa shape index (κ1) is 18.6. The normalized spacial score (nSPS) is 10.0. The van der Waals surface area contributed by atoms with E-state index in [0.29, 0.717) is 22.2 Å². The lowest BCUT2D eigenvalue weighted by atomic mass is 10.3. The van der Waals surface area contributed by atoms with Crippen molar-refractivity contribution >= 4 is 29.1 Å². The van der Waals surface area contributed by atoms with Gasteiger partial charge >= 0.3 is 0 Å². The molecule has 2 aromatic carbocycles. The number of amides is 2. The number of carbonyl (C=O) groups is 2. The number of likely N-dealkylation sites (N-methyl/N-ethyl adjacent to an activating group) is 1. The van der Waals surface area contributed by atoms with Crippen molar-refractivity contribution in [1.29, 1.82) is 0 Å². The summed E-state index contributed by atoms with van der Waals surface area (Å²) in [6.45, 7) is -0.148. The number of nitrogens with one attached hydrogen (secondary N) is 1. The Balaban J connectivity index is 1.78. The monoisotopic (exact) mass is 362 g/mol. The highest BCUT2D eigenvalue weighted by molar-refractivity contribution is 6.30. The number of benzene rings is 2. The third-order valence-electron chi connectivity index (χ3n) is 3.18. The number of halogens is 1. The van der Waals surface area contributed by atoms with Crippen LogP contribution < -0.4 is 14.8 Å². The third-order valence-corrected chi connectivity index (χ3v) is 3.43. The lowest BCUT2D eigenvalue weighted by Gasteiger charge is -2.12. The second-order valence-electron chi connectivity index (χ2n) is 5.39. The molecule has 0 aliphatic heterocycles. The topological polar surface area (TPSA) is 67.9 Å². The summed E-state index contributed by atoms with van der Waals surface area (Å²) in [7, 11) is 3.33. The Bertz CT molecular complexity index is 715. The van der Waals surface area contributed by atoms with Gasteiger partial charge in [0.1, 0.15) is 11.5 Å². The van der Waals surface area contributed by atoms with Crippen molar-refractivity contribution in [3.05, 3.63) is 53.6 Å². The Hall–Kier alpha value is -2.73. The van der Waals surface area contributed by atoms with Crippen LogP contribution >= 0.6 is 11.6 Å². The molecule has 0 atom stereocenters. The summed E-state index contributed by atoms with van der Waals surface area (Å²) >= 11 is 5.78. The van der Waals surface area contributed by atoms with E-state index < -0.39 is 0 Å². The molecule has 6 nitrogen and oxygen atoms in total. The van der Waals surface area contributed by atoms with Crippen LogP contribution in [-0.2, 0) is 9.59 Å². The highest BCUT2D eigenvalue weighted by atomic mass is 35.5. The molecule has 0 unspecified atom stereocenters. The molecule has 2 amide bonds. The van der Waals surface area contributed by atoms with Gasteiger partial charge in [0.05, 0.1) is 0 Å². The van der Waals surface area contributed by atoms with Crippen LogP contribution in [0.25, 0.3) is 0 Å². The maximum Gasteiger partial charge on any atom is 0.262 e. The predicted octanol–water partition coefficient (Wildman–Crippen LogP) is 2.82. The van der Waals surface area contributed by atoms with E-state index in [0.717, 1.165) is 0 Å². The SMILES string of the molecule is CN(C)C(=O)COc1ccc(NC(=O)COc2ccc(Cl)cc2)cc1. The zero-order valence-corrected chi connectivity index (χ0v) is 14.7. The maximum absolute atomic E-state index is 11.9. The van der Waals surface area contributed by atoms with Gasteiger partial charge in [0.2, 0.25) is 0 Å². The van der Waals surface area contributed by atoms with Gasteiger partial charge in [0.25, 0.3) is 11.8 Å². The number of hydrogen-bond donors (Lipinski definition) is 1. The molecule has 0 saturated heterocycles. The average molecular weight is 363 g/mol. The summed E-state index contributed by atoms with van der Waals surface area (Å²) < 4.78 is 10.7. The Morgan fingerprint density at radius 3 is 2.00 bits per heavy atom. The minimum Gasteiger partial charge on any atom is -0.484 e. The van der Waals surface area contributed by atoms with Crippen molar-refractivity contribution in [2.75, 3.05) is 32.6 Å². The first-order chi connectivity index (χ1) is 11.9. The molecule has 0 saturated carbocycles. The van der Waals surface area contributed by atoms with Gasteiger partial charge in [-0.1, -0.05) is 11.6 Å². The summed E-state index contributed by atoms with van der Waals surface area (Å²) in [5, 5.41) is 3.32. The van der Waals surface area contributed by atoms with E-state index >= 15 is 0 Å². The van der Waals surface area contributed by atoms with Crippen molar-refractivity contribution in [2.45, 2.75) is 0 Å². The number of rotatable bonds is 7. The summed E-state index contributed by atoms with van der Waals surface area (Å²) in [4.78, 5) is 24.8. The molecule has 0 radical (unpaired) electrons. The minimum absolute atomic E-state index is 0.0341. The Morgan fingerprint density at radius 2 is 1.44 bits per heavy atom. The zero-order valence-electron chi connectivity index (χ0n) is 14.0. The van der Waals surface area contributed by atoms with E-state index in [9.17, 15) is 9.59 Å².